The van der Waals surface area contributed by atoms with E-state index >= 15 is 0 Å². The average Bonchev–Trinajstić information content (AvgIpc) is 2.44. The highest BCUT2D eigenvalue weighted by Crippen LogP contribution is 2.36. The number of urea groups is 1. The Bertz CT molecular complexity index is 401. The molecule has 1 fully saturated rings. The number of amides is 2. The molecule has 0 unspecified atom stereocenters. The largest absolute Gasteiger partial charge is 0.481 e. The summed E-state index contributed by atoms with van der Waals surface area (Å²) in [5, 5.41) is 12.2. The molecule has 2 amide bonds. The third-order valence-electron chi connectivity index (χ3n) is 3.89. The van der Waals surface area contributed by atoms with E-state index in [-0.39, 0.29) is 6.03 Å². The van der Waals surface area contributed by atoms with E-state index in [0.717, 1.165) is 6.42 Å². The van der Waals surface area contributed by atoms with Crippen molar-refractivity contribution in [2.75, 3.05) is 19.6 Å². The van der Waals surface area contributed by atoms with Gasteiger partial charge in [-0.1, -0.05) is 13.3 Å². The van der Waals surface area contributed by atoms with Crippen LogP contribution in [0.1, 0.15) is 46.0 Å². The molecule has 1 aliphatic rings. The Kier molecular flexibility index (Phi) is 6.37. The SMILES string of the molecule is CC#CCCNC(=O)N1CCC(CCC)(C(=O)O)CC1. The van der Waals surface area contributed by atoms with Gasteiger partial charge in [0.25, 0.3) is 0 Å². The third kappa shape index (κ3) is 4.16. The van der Waals surface area contributed by atoms with E-state index in [1.54, 1.807) is 11.8 Å². The summed E-state index contributed by atoms with van der Waals surface area (Å²) in [7, 11) is 0. The first kappa shape index (κ1) is 16.4. The first-order chi connectivity index (χ1) is 9.55. The maximum atomic E-state index is 11.9. The van der Waals surface area contributed by atoms with Crippen LogP contribution >= 0.6 is 0 Å². The number of rotatable bonds is 5. The van der Waals surface area contributed by atoms with E-state index in [1.165, 1.54) is 0 Å². The van der Waals surface area contributed by atoms with E-state index in [0.29, 0.717) is 45.3 Å². The summed E-state index contributed by atoms with van der Waals surface area (Å²) in [6, 6.07) is -0.113. The Hall–Kier alpha value is -1.70. The summed E-state index contributed by atoms with van der Waals surface area (Å²) in [4.78, 5) is 25.1. The van der Waals surface area contributed by atoms with E-state index < -0.39 is 11.4 Å². The van der Waals surface area contributed by atoms with Gasteiger partial charge in [-0.25, -0.2) is 4.79 Å². The Morgan fingerprint density at radius 1 is 1.35 bits per heavy atom. The number of piperidine rings is 1. The van der Waals surface area contributed by atoms with Crippen LogP contribution in [0.4, 0.5) is 4.79 Å². The summed E-state index contributed by atoms with van der Waals surface area (Å²) >= 11 is 0. The van der Waals surface area contributed by atoms with Crippen LogP contribution in [0.2, 0.25) is 0 Å². The minimum atomic E-state index is -0.724. The number of carbonyl (C=O) groups excluding carboxylic acids is 1. The molecule has 0 aliphatic carbocycles. The molecule has 1 rings (SSSR count). The highest BCUT2D eigenvalue weighted by atomic mass is 16.4. The van der Waals surface area contributed by atoms with Crippen molar-refractivity contribution in [3.8, 4) is 11.8 Å². The van der Waals surface area contributed by atoms with E-state index in [2.05, 4.69) is 17.2 Å². The van der Waals surface area contributed by atoms with E-state index in [4.69, 9.17) is 0 Å². The third-order valence-corrected chi connectivity index (χ3v) is 3.89. The van der Waals surface area contributed by atoms with Crippen molar-refractivity contribution in [2.45, 2.75) is 46.0 Å². The molecule has 0 bridgehead atoms. The number of aliphatic carboxylic acids is 1. The lowest BCUT2D eigenvalue weighted by Crippen LogP contribution is -2.49. The van der Waals surface area contributed by atoms with Gasteiger partial charge in [-0.2, -0.15) is 0 Å². The Balaban J connectivity index is 2.45. The lowest BCUT2D eigenvalue weighted by Gasteiger charge is -2.38. The van der Waals surface area contributed by atoms with Crippen LogP contribution in [0.3, 0.4) is 0 Å². The second-order valence-corrected chi connectivity index (χ2v) is 5.23. The van der Waals surface area contributed by atoms with Gasteiger partial charge in [0.15, 0.2) is 0 Å². The van der Waals surface area contributed by atoms with E-state index in [9.17, 15) is 14.7 Å². The standard InChI is InChI=1S/C15H24N2O3/c1-3-5-6-10-16-14(20)17-11-8-15(7-4-2,9-12-17)13(18)19/h4,6-12H2,1-2H3,(H,16,20)(H,18,19). The number of hydrogen-bond acceptors (Lipinski definition) is 2. The molecule has 112 valence electrons. The summed E-state index contributed by atoms with van der Waals surface area (Å²) in [6.45, 7) is 5.33. The van der Waals surface area contributed by atoms with Gasteiger partial charge in [-0.3, -0.25) is 4.79 Å². The second kappa shape index (κ2) is 7.78. The number of likely N-dealkylation sites (tertiary alicyclic amines) is 1. The summed E-state index contributed by atoms with van der Waals surface area (Å²) in [5.41, 5.74) is -0.640. The molecule has 0 aromatic heterocycles. The summed E-state index contributed by atoms with van der Waals surface area (Å²) < 4.78 is 0. The molecule has 0 aromatic carbocycles. The van der Waals surface area contributed by atoms with Gasteiger partial charge in [-0.05, 0) is 26.2 Å². The van der Waals surface area contributed by atoms with Crippen molar-refractivity contribution in [2.24, 2.45) is 5.41 Å². The molecule has 0 saturated carbocycles. The molecule has 0 aromatic rings. The fourth-order valence-corrected chi connectivity index (χ4v) is 2.66. The smallest absolute Gasteiger partial charge is 0.317 e. The highest BCUT2D eigenvalue weighted by molar-refractivity contribution is 5.77. The monoisotopic (exact) mass is 280 g/mol. The maximum Gasteiger partial charge on any atom is 0.317 e. The first-order valence-electron chi connectivity index (χ1n) is 7.21. The molecule has 0 spiro atoms. The Morgan fingerprint density at radius 2 is 2.00 bits per heavy atom. The number of nitrogens with zero attached hydrogens (tertiary/aromatic N) is 1. The van der Waals surface area contributed by atoms with Crippen molar-refractivity contribution in [3.05, 3.63) is 0 Å². The molecule has 20 heavy (non-hydrogen) atoms. The number of nitrogens with one attached hydrogen (secondary N) is 1. The Morgan fingerprint density at radius 3 is 2.50 bits per heavy atom. The van der Waals surface area contributed by atoms with Gasteiger partial charge in [0.1, 0.15) is 0 Å². The number of carbonyl (C=O) groups is 2. The van der Waals surface area contributed by atoms with Crippen LogP contribution < -0.4 is 5.32 Å². The molecule has 0 atom stereocenters. The van der Waals surface area contributed by atoms with Crippen molar-refractivity contribution < 1.29 is 14.7 Å². The molecular weight excluding hydrogens is 256 g/mol. The quantitative estimate of drug-likeness (QED) is 0.598. The number of carboxylic acids is 1. The van der Waals surface area contributed by atoms with Crippen LogP contribution in [0.25, 0.3) is 0 Å². The highest BCUT2D eigenvalue weighted by Gasteiger charge is 2.41. The zero-order valence-corrected chi connectivity index (χ0v) is 12.4. The lowest BCUT2D eigenvalue weighted by molar-refractivity contribution is -0.152. The summed E-state index contributed by atoms with van der Waals surface area (Å²) in [5.74, 6) is 4.94. The first-order valence-corrected chi connectivity index (χ1v) is 7.21. The topological polar surface area (TPSA) is 69.6 Å². The van der Waals surface area contributed by atoms with Crippen LogP contribution in [-0.4, -0.2) is 41.6 Å². The predicted octanol–water partition coefficient (Wildman–Crippen LogP) is 2.08. The van der Waals surface area contributed by atoms with Crippen LogP contribution in [0, 0.1) is 17.3 Å². The average molecular weight is 280 g/mol. The molecule has 0 radical (unpaired) electrons. The van der Waals surface area contributed by atoms with Gasteiger partial charge < -0.3 is 15.3 Å². The van der Waals surface area contributed by atoms with Gasteiger partial charge in [0, 0.05) is 26.1 Å². The van der Waals surface area contributed by atoms with Crippen LogP contribution in [-0.2, 0) is 4.79 Å². The molecule has 1 saturated heterocycles. The van der Waals surface area contributed by atoms with Crippen LogP contribution in [0.5, 0.6) is 0 Å². The lowest BCUT2D eigenvalue weighted by atomic mass is 9.75. The van der Waals surface area contributed by atoms with Gasteiger partial charge in [0.2, 0.25) is 0 Å². The van der Waals surface area contributed by atoms with Gasteiger partial charge in [-0.15, -0.1) is 11.8 Å². The molecule has 1 aliphatic heterocycles. The minimum Gasteiger partial charge on any atom is -0.481 e. The molecule has 5 nitrogen and oxygen atoms in total. The molecule has 1 heterocycles. The number of hydrogen-bond donors (Lipinski definition) is 2. The van der Waals surface area contributed by atoms with Gasteiger partial charge >= 0.3 is 12.0 Å². The summed E-state index contributed by atoms with van der Waals surface area (Å²) in [6.07, 6.45) is 3.26. The van der Waals surface area contributed by atoms with Crippen molar-refractivity contribution in [3.63, 3.8) is 0 Å². The van der Waals surface area contributed by atoms with Crippen molar-refractivity contribution in [1.82, 2.24) is 10.2 Å². The minimum absolute atomic E-state index is 0.113. The van der Waals surface area contributed by atoms with Gasteiger partial charge in [0.05, 0.1) is 5.41 Å². The molecule has 5 heteroatoms. The van der Waals surface area contributed by atoms with Crippen LogP contribution in [0.15, 0.2) is 0 Å². The fraction of sp³-hybridized carbons (Fsp3) is 0.733. The predicted molar refractivity (Wildman–Crippen MR) is 77.2 cm³/mol. The maximum absolute atomic E-state index is 11.9. The number of carboxylic acid groups (broad SMARTS) is 1. The van der Waals surface area contributed by atoms with Crippen molar-refractivity contribution >= 4 is 12.0 Å². The zero-order valence-electron chi connectivity index (χ0n) is 12.4. The molecular formula is C15H24N2O3. The molecule has 2 N–H and O–H groups in total. The fourth-order valence-electron chi connectivity index (χ4n) is 2.66. The normalized spacial score (nSPS) is 17.0. The van der Waals surface area contributed by atoms with Crippen molar-refractivity contribution in [1.29, 1.82) is 0 Å². The zero-order chi connectivity index (χ0) is 15.0. The Labute approximate surface area is 120 Å². The second-order valence-electron chi connectivity index (χ2n) is 5.23. The van der Waals surface area contributed by atoms with E-state index in [1.807, 2.05) is 6.92 Å².